The summed E-state index contributed by atoms with van der Waals surface area (Å²) in [5.74, 6) is -0.798. The van der Waals surface area contributed by atoms with Crippen LogP contribution in [0.2, 0.25) is 0 Å². The van der Waals surface area contributed by atoms with E-state index in [9.17, 15) is 13.2 Å². The second-order valence-electron chi connectivity index (χ2n) is 10.1. The van der Waals surface area contributed by atoms with Gasteiger partial charge >= 0.3 is 5.97 Å². The lowest BCUT2D eigenvalue weighted by molar-refractivity contribution is -0.136. The van der Waals surface area contributed by atoms with Gasteiger partial charge in [-0.3, -0.25) is 4.79 Å². The second-order valence-corrected chi connectivity index (χ2v) is 12.1. The Labute approximate surface area is 210 Å². The van der Waals surface area contributed by atoms with Gasteiger partial charge < -0.3 is 15.3 Å². The van der Waals surface area contributed by atoms with E-state index in [1.54, 1.807) is 6.07 Å². The number of hydrogen-bond acceptors (Lipinski definition) is 5. The zero-order chi connectivity index (χ0) is 25.6. The highest BCUT2D eigenvalue weighted by Crippen LogP contribution is 2.45. The monoisotopic (exact) mass is 500 g/mol. The first-order valence-corrected chi connectivity index (χ1v) is 14.4. The van der Waals surface area contributed by atoms with Crippen molar-refractivity contribution in [3.63, 3.8) is 0 Å². The molecule has 35 heavy (non-hydrogen) atoms. The van der Waals surface area contributed by atoms with E-state index >= 15 is 0 Å². The number of benzene rings is 2. The summed E-state index contributed by atoms with van der Waals surface area (Å²) >= 11 is 0. The van der Waals surface area contributed by atoms with Gasteiger partial charge in [-0.2, -0.15) is 0 Å². The molecule has 0 fully saturated rings. The number of anilines is 2. The zero-order valence-electron chi connectivity index (χ0n) is 21.6. The van der Waals surface area contributed by atoms with Crippen molar-refractivity contribution < 1.29 is 18.3 Å². The highest BCUT2D eigenvalue weighted by Gasteiger charge is 2.42. The summed E-state index contributed by atoms with van der Waals surface area (Å²) < 4.78 is 28.0. The lowest BCUT2D eigenvalue weighted by Crippen LogP contribution is -2.38. The molecule has 192 valence electrons. The number of aryl methyl sites for hydroxylation is 2. The third-order valence-corrected chi connectivity index (χ3v) is 9.05. The minimum Gasteiger partial charge on any atom is -0.480 e. The number of nitrogens with zero attached hydrogens (tertiary/aromatic N) is 1. The molecule has 0 aromatic heterocycles. The Morgan fingerprint density at radius 2 is 1.77 bits per heavy atom. The minimum absolute atomic E-state index is 0.139. The van der Waals surface area contributed by atoms with E-state index in [0.717, 1.165) is 66.6 Å². The molecule has 1 heterocycles. The number of hydrogen-bond donors (Lipinski definition) is 2. The van der Waals surface area contributed by atoms with Crippen LogP contribution in [-0.2, 0) is 21.2 Å². The maximum Gasteiger partial charge on any atom is 0.317 e. The first kappa shape index (κ1) is 27.2. The highest BCUT2D eigenvalue weighted by molar-refractivity contribution is 7.91. The number of aliphatic carboxylic acids is 1. The third-order valence-electron chi connectivity index (χ3n) is 7.06. The van der Waals surface area contributed by atoms with Crippen molar-refractivity contribution in [2.45, 2.75) is 77.7 Å². The van der Waals surface area contributed by atoms with Gasteiger partial charge in [-0.1, -0.05) is 51.7 Å². The molecule has 2 aromatic rings. The lowest BCUT2D eigenvalue weighted by atomic mass is 9.79. The molecule has 2 N–H and O–H groups in total. The molecular weight excluding hydrogens is 460 g/mol. The number of carbonyl (C=O) groups is 1. The van der Waals surface area contributed by atoms with Crippen molar-refractivity contribution in [1.82, 2.24) is 5.32 Å². The number of carboxylic acids is 1. The first-order chi connectivity index (χ1) is 16.6. The number of unbranched alkanes of at least 4 members (excludes halogenated alkanes) is 2. The number of carboxylic acid groups (broad SMARTS) is 1. The van der Waals surface area contributed by atoms with Crippen LogP contribution in [0.5, 0.6) is 0 Å². The standard InChI is InChI=1S/C28H40N2O4S/c1-5-7-12-28(13-8-6-2)19-30(24-11-9-10-21(3)14-24)25-15-22(4)23(17-29-18-27(31)32)16-26(25)35(33,34)20-28/h9-11,14-16,29H,5-8,12-13,17-20H2,1-4H3,(H,31,32). The molecule has 0 unspecified atom stereocenters. The van der Waals surface area contributed by atoms with E-state index in [1.165, 1.54) is 0 Å². The summed E-state index contributed by atoms with van der Waals surface area (Å²) in [5.41, 5.74) is 4.30. The molecule has 0 saturated heterocycles. The van der Waals surface area contributed by atoms with Crippen molar-refractivity contribution in [3.05, 3.63) is 53.1 Å². The Bertz CT molecular complexity index is 1140. The summed E-state index contributed by atoms with van der Waals surface area (Å²) in [4.78, 5) is 13.5. The van der Waals surface area contributed by atoms with Crippen LogP contribution in [-0.4, -0.2) is 38.3 Å². The van der Waals surface area contributed by atoms with Crippen LogP contribution in [0, 0.1) is 19.3 Å². The highest BCUT2D eigenvalue weighted by atomic mass is 32.2. The van der Waals surface area contributed by atoms with Gasteiger partial charge in [0.05, 0.1) is 22.9 Å². The minimum atomic E-state index is -3.56. The van der Waals surface area contributed by atoms with Crippen molar-refractivity contribution in [2.75, 3.05) is 23.7 Å². The summed E-state index contributed by atoms with van der Waals surface area (Å²) in [6, 6.07) is 12.0. The fourth-order valence-electron chi connectivity index (χ4n) is 5.17. The summed E-state index contributed by atoms with van der Waals surface area (Å²) in [7, 11) is -3.56. The Morgan fingerprint density at radius 1 is 1.09 bits per heavy atom. The topological polar surface area (TPSA) is 86.7 Å². The third kappa shape index (κ3) is 6.64. The van der Waals surface area contributed by atoms with Gasteiger partial charge in [0, 0.05) is 24.2 Å². The molecule has 1 aliphatic heterocycles. The number of fused-ring (bicyclic) bond motifs is 1. The maximum absolute atomic E-state index is 14.0. The van der Waals surface area contributed by atoms with Crippen LogP contribution >= 0.6 is 0 Å². The average Bonchev–Trinajstić information content (AvgIpc) is 2.89. The molecule has 0 aliphatic carbocycles. The maximum atomic E-state index is 14.0. The van der Waals surface area contributed by atoms with Gasteiger partial charge in [0.15, 0.2) is 9.84 Å². The molecule has 0 saturated carbocycles. The zero-order valence-corrected chi connectivity index (χ0v) is 22.4. The average molecular weight is 501 g/mol. The van der Waals surface area contributed by atoms with Gasteiger partial charge in [0.25, 0.3) is 0 Å². The lowest BCUT2D eigenvalue weighted by Gasteiger charge is -2.37. The molecule has 2 aromatic carbocycles. The predicted molar refractivity (Wildman–Crippen MR) is 142 cm³/mol. The Morgan fingerprint density at radius 3 is 2.37 bits per heavy atom. The molecule has 6 nitrogen and oxygen atoms in total. The van der Waals surface area contributed by atoms with E-state index in [2.05, 4.69) is 49.2 Å². The molecule has 0 bridgehead atoms. The smallest absolute Gasteiger partial charge is 0.317 e. The van der Waals surface area contributed by atoms with Crippen molar-refractivity contribution >= 4 is 27.2 Å². The molecule has 0 amide bonds. The van der Waals surface area contributed by atoms with E-state index in [-0.39, 0.29) is 17.7 Å². The van der Waals surface area contributed by atoms with Crippen LogP contribution in [0.25, 0.3) is 0 Å². The second kappa shape index (κ2) is 11.6. The van der Waals surface area contributed by atoms with Crippen LogP contribution in [0.4, 0.5) is 11.4 Å². The summed E-state index contributed by atoms with van der Waals surface area (Å²) in [6.07, 6.45) is 5.82. The van der Waals surface area contributed by atoms with Crippen LogP contribution < -0.4 is 10.2 Å². The molecule has 1 aliphatic rings. The largest absolute Gasteiger partial charge is 0.480 e. The predicted octanol–water partition coefficient (Wildman–Crippen LogP) is 5.77. The summed E-state index contributed by atoms with van der Waals surface area (Å²) in [6.45, 7) is 9.14. The van der Waals surface area contributed by atoms with E-state index in [0.29, 0.717) is 18.0 Å². The summed E-state index contributed by atoms with van der Waals surface area (Å²) in [5, 5.41) is 11.9. The van der Waals surface area contributed by atoms with Crippen molar-refractivity contribution in [3.8, 4) is 0 Å². The van der Waals surface area contributed by atoms with E-state index in [1.807, 2.05) is 19.1 Å². The quantitative estimate of drug-likeness (QED) is 0.407. The Kier molecular flexibility index (Phi) is 9.00. The van der Waals surface area contributed by atoms with Crippen LogP contribution in [0.15, 0.2) is 41.3 Å². The number of rotatable bonds is 11. The molecular formula is C28H40N2O4S. The van der Waals surface area contributed by atoms with E-state index in [4.69, 9.17) is 5.11 Å². The van der Waals surface area contributed by atoms with Crippen LogP contribution in [0.3, 0.4) is 0 Å². The molecule has 0 spiro atoms. The van der Waals surface area contributed by atoms with Gasteiger partial charge in [0.1, 0.15) is 0 Å². The van der Waals surface area contributed by atoms with Gasteiger partial charge in [-0.05, 0) is 67.6 Å². The van der Waals surface area contributed by atoms with Gasteiger partial charge in [-0.25, -0.2) is 8.42 Å². The van der Waals surface area contributed by atoms with Gasteiger partial charge in [-0.15, -0.1) is 0 Å². The fraction of sp³-hybridized carbons (Fsp3) is 0.536. The molecule has 7 heteroatoms. The van der Waals surface area contributed by atoms with Crippen molar-refractivity contribution in [2.24, 2.45) is 5.41 Å². The normalized spacial score (nSPS) is 16.5. The Balaban J connectivity index is 2.18. The molecule has 0 atom stereocenters. The van der Waals surface area contributed by atoms with Crippen molar-refractivity contribution in [1.29, 1.82) is 0 Å². The number of nitrogens with one attached hydrogen (secondary N) is 1. The fourth-order valence-corrected chi connectivity index (χ4v) is 7.33. The first-order valence-electron chi connectivity index (χ1n) is 12.7. The molecule has 3 rings (SSSR count). The van der Waals surface area contributed by atoms with Gasteiger partial charge in [0.2, 0.25) is 0 Å². The van der Waals surface area contributed by atoms with E-state index < -0.39 is 15.8 Å². The van der Waals surface area contributed by atoms with Crippen LogP contribution in [0.1, 0.15) is 69.1 Å². The Hall–Kier alpha value is -2.38. The molecule has 0 radical (unpaired) electrons. The number of sulfone groups is 1. The SMILES string of the molecule is CCCCC1(CCCC)CN(c2cccc(C)c2)c2cc(C)c(CNCC(=O)O)cc2S(=O)(=O)C1.